The number of rotatable bonds is 18. The molecule has 6 aliphatic heterocycles. The van der Waals surface area contributed by atoms with Crippen LogP contribution in [0.2, 0.25) is 0 Å². The van der Waals surface area contributed by atoms with E-state index in [0.29, 0.717) is 25.7 Å². The van der Waals surface area contributed by atoms with Crippen molar-refractivity contribution in [3.63, 3.8) is 0 Å². The molecule has 504 valence electrons. The van der Waals surface area contributed by atoms with Crippen molar-refractivity contribution < 1.29 is 135 Å². The summed E-state index contributed by atoms with van der Waals surface area (Å²) in [7, 11) is -4.08. The number of carbonyl (C=O) groups is 1. The Balaban J connectivity index is 0.904. The van der Waals surface area contributed by atoms with Crippen molar-refractivity contribution in [2.24, 2.45) is 39.4 Å². The van der Waals surface area contributed by atoms with Crippen molar-refractivity contribution in [1.82, 2.24) is 0 Å². The molecule has 0 radical (unpaired) electrons. The van der Waals surface area contributed by atoms with Crippen molar-refractivity contribution in [3.8, 4) is 0 Å². The van der Waals surface area contributed by atoms with Crippen LogP contribution >= 0.6 is 0 Å². The van der Waals surface area contributed by atoms with Crippen molar-refractivity contribution in [2.75, 3.05) is 33.5 Å². The quantitative estimate of drug-likeness (QED) is 0.0440. The SMILES string of the molecule is CO[C@@H]1[C@@H](O)[C@H](O[C@@H]2[C@@H](O)[C@H](O[C@H]3[C@H](O)[C@@H](O[C@@H]4OC[C@@H](O)[C@H](O)[C@H]4O)[C@H](O[C@H]4[C@H](O[C@H]5CC[C@]6(C)[C@H]7CC[C@]89C(=O)O[C@@](C)(CCC=C(C)C)[C@H]8CC[C@@]9(C)C7=CC[C@H]6C5(C)C)OC[C@@H](OS(=O)(=O)O)[C@@H]4O)O[C@@H]3C)O[C@H](CO)[C@H]2O)O[C@H](CO)[C@H]1O. The third-order valence-corrected chi connectivity index (χ3v) is 22.5. The highest BCUT2D eigenvalue weighted by molar-refractivity contribution is 7.80. The monoisotopic (exact) mass is 1280 g/mol. The van der Waals surface area contributed by atoms with Gasteiger partial charge in [0.25, 0.3) is 0 Å². The highest BCUT2D eigenvalue weighted by Crippen LogP contribution is 2.76. The van der Waals surface area contributed by atoms with Gasteiger partial charge in [0.1, 0.15) is 109 Å². The van der Waals surface area contributed by atoms with Crippen LogP contribution in [-0.2, 0) is 76.2 Å². The topological polar surface area (TPSA) is 414 Å². The number of esters is 1. The summed E-state index contributed by atoms with van der Waals surface area (Å²) in [5.41, 5.74) is 0.0322. The molecule has 6 saturated heterocycles. The molecule has 88 heavy (non-hydrogen) atoms. The molecule has 0 bridgehead atoms. The van der Waals surface area contributed by atoms with Gasteiger partial charge in [-0.3, -0.25) is 9.35 Å². The second kappa shape index (κ2) is 25.9. The average molecular weight is 1280 g/mol. The first kappa shape index (κ1) is 68.8. The van der Waals surface area contributed by atoms with Crippen LogP contribution in [0.25, 0.3) is 0 Å². The second-order valence-electron chi connectivity index (χ2n) is 27.7. The van der Waals surface area contributed by atoms with Crippen molar-refractivity contribution >= 4 is 16.4 Å². The van der Waals surface area contributed by atoms with E-state index in [4.69, 9.17) is 61.0 Å². The molecule has 10 rings (SSSR count). The lowest BCUT2D eigenvalue weighted by molar-refractivity contribution is -0.403. The lowest BCUT2D eigenvalue weighted by Gasteiger charge is -2.64. The summed E-state index contributed by atoms with van der Waals surface area (Å²) in [5.74, 6) is 0.138. The van der Waals surface area contributed by atoms with Crippen LogP contribution in [0.5, 0.6) is 0 Å². The van der Waals surface area contributed by atoms with Gasteiger partial charge in [-0.2, -0.15) is 8.42 Å². The highest BCUT2D eigenvalue weighted by atomic mass is 32.3. The number of fused-ring (bicyclic) bond motifs is 4. The van der Waals surface area contributed by atoms with Crippen LogP contribution in [0.4, 0.5) is 0 Å². The highest BCUT2D eigenvalue weighted by Gasteiger charge is 2.76. The summed E-state index contributed by atoms with van der Waals surface area (Å²) < 4.78 is 112. The lowest BCUT2D eigenvalue weighted by atomic mass is 9.41. The van der Waals surface area contributed by atoms with E-state index in [2.05, 4.69) is 60.6 Å². The molecule has 0 aromatic heterocycles. The number of aliphatic hydroxyl groups excluding tert-OH is 11. The summed E-state index contributed by atoms with van der Waals surface area (Å²) in [5, 5.41) is 122. The van der Waals surface area contributed by atoms with Gasteiger partial charge in [0.2, 0.25) is 0 Å². The summed E-state index contributed by atoms with van der Waals surface area (Å²) in [6.45, 7) is 13.6. The van der Waals surface area contributed by atoms with E-state index >= 15 is 0 Å². The third kappa shape index (κ3) is 12.0. The Morgan fingerprint density at radius 1 is 0.648 bits per heavy atom. The van der Waals surface area contributed by atoms with E-state index in [0.717, 1.165) is 32.1 Å². The standard InChI is InChI=1S/C59H94O28S/c1-25(2)11-10-17-58(8)34-15-19-57(7)28-12-13-33-55(4,5)35(16-18-56(33,6)27(28)14-20-59(34,57)54(71)86-58)81-52-47(39(66)32(24-77-52)87-88(72,73)74)85-53-48(84-49-40(67)36(63)29(62)23-76-49)41(68)44(26(3)78-53)82-51-43(70)46(38(65)31(22-61)80-51)83-50-42(69)45(75-9)37(64)30(21-60)79-50/h11-12,26-27,29-53,60-70H,10,13-24H2,1-9H3,(H,72,73,74)/t26-,27+,29-,30-,31-,32-,33+,34-,35+,36+,37-,38-,39+,40-,41+,42-,43-,44-,45+,46+,47-,48-,49+,50+,51+,52+,53+,56-,57+,58+,59-/m1/s1. The molecule has 31 atom stereocenters. The summed E-state index contributed by atoms with van der Waals surface area (Å²) in [6.07, 6.45) is -29.8. The van der Waals surface area contributed by atoms with Gasteiger partial charge in [-0.1, -0.05) is 51.0 Å². The van der Waals surface area contributed by atoms with Gasteiger partial charge in [0, 0.05) is 18.4 Å². The first-order valence-corrected chi connectivity index (χ1v) is 32.2. The van der Waals surface area contributed by atoms with Gasteiger partial charge < -0.3 is 113 Å². The minimum absolute atomic E-state index is 0.00570. The Bertz CT molecular complexity index is 2630. The van der Waals surface area contributed by atoms with Crippen LogP contribution < -0.4 is 0 Å². The number of hydrogen-bond donors (Lipinski definition) is 12. The maximum absolute atomic E-state index is 14.5. The van der Waals surface area contributed by atoms with Crippen LogP contribution in [0.15, 0.2) is 23.3 Å². The predicted octanol–water partition coefficient (Wildman–Crippen LogP) is -1.10. The fourth-order valence-electron chi connectivity index (χ4n) is 17.3. The fourth-order valence-corrected chi connectivity index (χ4v) is 17.8. The largest absolute Gasteiger partial charge is 0.459 e. The van der Waals surface area contributed by atoms with E-state index in [1.807, 2.05) is 0 Å². The van der Waals surface area contributed by atoms with Crippen molar-refractivity contribution in [1.29, 1.82) is 0 Å². The molecular weight excluding hydrogens is 1190 g/mol. The van der Waals surface area contributed by atoms with E-state index in [9.17, 15) is 73.9 Å². The number of hydrogen-bond acceptors (Lipinski definition) is 27. The lowest BCUT2D eigenvalue weighted by Crippen LogP contribution is -2.68. The maximum Gasteiger partial charge on any atom is 0.397 e. The molecular formula is C59H94O28S. The van der Waals surface area contributed by atoms with Gasteiger partial charge in [0.15, 0.2) is 31.5 Å². The van der Waals surface area contributed by atoms with Crippen LogP contribution in [0, 0.1) is 39.4 Å². The van der Waals surface area contributed by atoms with Gasteiger partial charge in [-0.25, -0.2) is 4.18 Å². The molecule has 0 amide bonds. The fraction of sp³-hybridized carbons (Fsp3) is 0.915. The van der Waals surface area contributed by atoms with Crippen LogP contribution in [0.1, 0.15) is 113 Å². The van der Waals surface area contributed by atoms with Crippen LogP contribution in [-0.4, -0.2) is 262 Å². The number of ether oxygens (including phenoxy) is 12. The Morgan fingerprint density at radius 2 is 1.25 bits per heavy atom. The number of carbonyl (C=O) groups excluding carboxylic acids is 1. The summed E-state index contributed by atoms with van der Waals surface area (Å²) in [4.78, 5) is 14.5. The molecule has 1 spiro atoms. The normalized spacial score (nSPS) is 51.1. The molecule has 28 nitrogen and oxygen atoms in total. The number of cyclic esters (lactones) is 1. The minimum atomic E-state index is -5.25. The molecule has 0 unspecified atom stereocenters. The Morgan fingerprint density at radius 3 is 1.89 bits per heavy atom. The number of aliphatic hydroxyl groups is 11. The third-order valence-electron chi connectivity index (χ3n) is 22.1. The molecule has 29 heteroatoms. The molecule has 6 heterocycles. The zero-order chi connectivity index (χ0) is 64.1. The van der Waals surface area contributed by atoms with Gasteiger partial charge in [0.05, 0.1) is 44.1 Å². The van der Waals surface area contributed by atoms with Gasteiger partial charge >= 0.3 is 16.4 Å². The molecule has 12 N–H and O–H groups in total. The number of methoxy groups -OCH3 is 1. The van der Waals surface area contributed by atoms with Crippen LogP contribution in [0.3, 0.4) is 0 Å². The minimum Gasteiger partial charge on any atom is -0.459 e. The second-order valence-corrected chi connectivity index (χ2v) is 28.7. The molecule has 0 aromatic rings. The summed E-state index contributed by atoms with van der Waals surface area (Å²) >= 11 is 0. The molecule has 3 saturated carbocycles. The first-order valence-electron chi connectivity index (χ1n) is 30.9. The Hall–Kier alpha value is -2.06. The predicted molar refractivity (Wildman–Crippen MR) is 297 cm³/mol. The zero-order valence-electron chi connectivity index (χ0n) is 51.2. The van der Waals surface area contributed by atoms with E-state index in [1.165, 1.54) is 25.2 Å². The first-order chi connectivity index (χ1) is 41.3. The van der Waals surface area contributed by atoms with E-state index < -0.39 is 206 Å². The van der Waals surface area contributed by atoms with Crippen molar-refractivity contribution in [2.45, 2.75) is 266 Å². The molecule has 4 aliphatic carbocycles. The average Bonchev–Trinajstić information content (AvgIpc) is 1.44. The van der Waals surface area contributed by atoms with E-state index in [-0.39, 0.29) is 29.1 Å². The smallest absolute Gasteiger partial charge is 0.397 e. The number of allylic oxidation sites excluding steroid dienone is 4. The molecule has 0 aromatic carbocycles. The van der Waals surface area contributed by atoms with E-state index in [1.54, 1.807) is 0 Å². The Kier molecular flexibility index (Phi) is 20.3. The van der Waals surface area contributed by atoms with Gasteiger partial charge in [-0.15, -0.1) is 0 Å². The zero-order valence-corrected chi connectivity index (χ0v) is 52.1. The molecule has 10 aliphatic rings. The molecule has 9 fully saturated rings. The Labute approximate surface area is 512 Å². The maximum atomic E-state index is 14.5. The summed E-state index contributed by atoms with van der Waals surface area (Å²) in [6, 6.07) is 0. The van der Waals surface area contributed by atoms with Crippen molar-refractivity contribution in [3.05, 3.63) is 23.3 Å². The van der Waals surface area contributed by atoms with Gasteiger partial charge in [-0.05, 0) is 108 Å².